The molecular weight excluding hydrogens is 732 g/mol. The van der Waals surface area contributed by atoms with Gasteiger partial charge < -0.3 is 35.6 Å². The lowest BCUT2D eigenvalue weighted by Crippen LogP contribution is -2.59. The van der Waals surface area contributed by atoms with E-state index in [0.717, 1.165) is 23.8 Å². The molecule has 0 saturated heterocycles. The van der Waals surface area contributed by atoms with Gasteiger partial charge in [0.2, 0.25) is 23.5 Å². The predicted molar refractivity (Wildman–Crippen MR) is 201 cm³/mol. The van der Waals surface area contributed by atoms with E-state index in [1.165, 1.54) is 25.7 Å². The van der Waals surface area contributed by atoms with Crippen LogP contribution in [0.25, 0.3) is 0 Å². The molecule has 0 aliphatic heterocycles. The number of carbonyl (C=O) groups excluding carboxylic acids is 7. The van der Waals surface area contributed by atoms with E-state index in [4.69, 9.17) is 4.74 Å². The van der Waals surface area contributed by atoms with E-state index < -0.39 is 89.9 Å². The highest BCUT2D eigenvalue weighted by Crippen LogP contribution is 2.27. The van der Waals surface area contributed by atoms with Crippen molar-refractivity contribution in [2.45, 2.75) is 103 Å². The molecule has 3 rings (SSSR count). The number of ketones is 1. The molecule has 5 amide bonds. The van der Waals surface area contributed by atoms with E-state index in [1.807, 2.05) is 35.6 Å². The molecule has 0 fully saturated rings. The van der Waals surface area contributed by atoms with Gasteiger partial charge in [0.1, 0.15) is 18.7 Å². The van der Waals surface area contributed by atoms with Gasteiger partial charge in [-0.2, -0.15) is 8.78 Å². The number of unbranched alkanes of at least 4 members (excludes halogenated alkanes) is 1. The maximum Gasteiger partial charge on any atom is 0.408 e. The van der Waals surface area contributed by atoms with E-state index in [2.05, 4.69) is 20.7 Å². The molecule has 1 aliphatic carbocycles. The van der Waals surface area contributed by atoms with E-state index in [9.17, 15) is 33.6 Å². The highest BCUT2D eigenvalue weighted by atomic mass is 19.3. The number of carbonyl (C=O) groups is 7. The van der Waals surface area contributed by atoms with Crippen molar-refractivity contribution in [2.24, 2.45) is 11.8 Å². The van der Waals surface area contributed by atoms with Gasteiger partial charge in [0.05, 0.1) is 19.7 Å². The lowest BCUT2D eigenvalue weighted by Gasteiger charge is -2.34. The molecule has 14 nitrogen and oxygen atoms in total. The smallest absolute Gasteiger partial charge is 0.408 e. The summed E-state index contributed by atoms with van der Waals surface area (Å²) in [6, 6.07) is 12.1. The van der Waals surface area contributed by atoms with E-state index in [0.29, 0.717) is 12.8 Å². The van der Waals surface area contributed by atoms with Gasteiger partial charge in [0.25, 0.3) is 5.91 Å². The van der Waals surface area contributed by atoms with Crippen LogP contribution in [0.5, 0.6) is 0 Å². The van der Waals surface area contributed by atoms with Crippen molar-refractivity contribution >= 4 is 41.5 Å². The van der Waals surface area contributed by atoms with Gasteiger partial charge in [-0.05, 0) is 60.6 Å². The van der Waals surface area contributed by atoms with Crippen LogP contribution in [0, 0.1) is 11.8 Å². The Kier molecular flexibility index (Phi) is 16.9. The Balaban J connectivity index is 1.70. The third-order valence-electron chi connectivity index (χ3n) is 9.41. The minimum absolute atomic E-state index is 0.0413. The van der Waals surface area contributed by atoms with Crippen LogP contribution < -0.4 is 21.3 Å². The largest absolute Gasteiger partial charge is 0.467 e. The summed E-state index contributed by atoms with van der Waals surface area (Å²) in [6.07, 6.45) is 0.436. The number of hydrogen-bond donors (Lipinski definition) is 4. The van der Waals surface area contributed by atoms with Crippen LogP contribution in [-0.4, -0.2) is 96.7 Å². The van der Waals surface area contributed by atoms with Crippen molar-refractivity contribution in [1.82, 2.24) is 26.2 Å². The summed E-state index contributed by atoms with van der Waals surface area (Å²) >= 11 is 0. The molecular formula is C40H53F2N5O9. The third kappa shape index (κ3) is 12.8. The van der Waals surface area contributed by atoms with Gasteiger partial charge in [-0.25, -0.2) is 9.59 Å². The molecule has 2 aromatic carbocycles. The Morgan fingerprint density at radius 3 is 1.96 bits per heavy atom. The Morgan fingerprint density at radius 1 is 0.821 bits per heavy atom. The average molecular weight is 786 g/mol. The number of alkyl carbamates (subject to hydrolysis) is 1. The SMILES string of the molecule is COC(=O)[C@H](CCCCNC(=O)C(F)(F)C(=O)C(NC(=O)CN(C(=O)C(NC(=O)OCc1ccccc1)C(C)C)C1Cc2ccccc2C1)C(C)C)NC(C)=O. The molecule has 0 spiro atoms. The minimum Gasteiger partial charge on any atom is -0.467 e. The van der Waals surface area contributed by atoms with Crippen molar-refractivity contribution in [3.8, 4) is 0 Å². The molecule has 0 saturated carbocycles. The predicted octanol–water partition coefficient (Wildman–Crippen LogP) is 3.24. The lowest BCUT2D eigenvalue weighted by atomic mass is 9.95. The summed E-state index contributed by atoms with van der Waals surface area (Å²) in [6.45, 7) is 6.59. The topological polar surface area (TPSA) is 189 Å². The first-order chi connectivity index (χ1) is 26.5. The first kappa shape index (κ1) is 45.0. The molecule has 16 heteroatoms. The van der Waals surface area contributed by atoms with Crippen LogP contribution in [0.15, 0.2) is 54.6 Å². The summed E-state index contributed by atoms with van der Waals surface area (Å²) in [5, 5.41) is 9.43. The Labute approximate surface area is 325 Å². The molecule has 56 heavy (non-hydrogen) atoms. The van der Waals surface area contributed by atoms with Crippen LogP contribution in [0.3, 0.4) is 0 Å². The number of nitrogens with one attached hydrogen (secondary N) is 4. The molecule has 0 aromatic heterocycles. The van der Waals surface area contributed by atoms with E-state index >= 15 is 8.78 Å². The molecule has 2 aromatic rings. The Morgan fingerprint density at radius 2 is 1.41 bits per heavy atom. The summed E-state index contributed by atoms with van der Waals surface area (Å²) in [5.41, 5.74) is 2.66. The van der Waals surface area contributed by atoms with Crippen molar-refractivity contribution in [1.29, 1.82) is 0 Å². The number of benzene rings is 2. The molecule has 0 bridgehead atoms. The quantitative estimate of drug-likeness (QED) is 0.0888. The second-order valence-electron chi connectivity index (χ2n) is 14.5. The van der Waals surface area contributed by atoms with Crippen molar-refractivity contribution in [3.63, 3.8) is 0 Å². The maximum atomic E-state index is 15.3. The monoisotopic (exact) mass is 785 g/mol. The number of esters is 1. The maximum absolute atomic E-state index is 15.3. The molecule has 1 aliphatic rings. The van der Waals surface area contributed by atoms with Gasteiger partial charge >= 0.3 is 18.0 Å². The van der Waals surface area contributed by atoms with Crippen molar-refractivity contribution in [2.75, 3.05) is 20.2 Å². The number of halogens is 2. The molecule has 2 unspecified atom stereocenters. The first-order valence-electron chi connectivity index (χ1n) is 18.6. The normalized spacial score (nSPS) is 14.2. The zero-order valence-corrected chi connectivity index (χ0v) is 32.7. The van der Waals surface area contributed by atoms with E-state index in [1.54, 1.807) is 38.1 Å². The number of fused-ring (bicyclic) bond motifs is 1. The number of Topliss-reactive ketones (excluding diaryl/α,β-unsaturated/α-hetero) is 1. The fraction of sp³-hybridized carbons (Fsp3) is 0.525. The van der Waals surface area contributed by atoms with Crippen LogP contribution >= 0.6 is 0 Å². The molecule has 0 radical (unpaired) electrons. The number of rotatable bonds is 20. The number of amides is 5. The lowest BCUT2D eigenvalue weighted by molar-refractivity contribution is -0.161. The standard InChI is InChI=1S/C40H53F2N5O9/c1-24(2)33(35(50)40(41,42)38(53)43-19-13-12-18-31(37(52)55-6)44-26(5)48)45-32(49)22-47(30-20-28-16-10-11-17-29(28)21-30)36(51)34(25(3)4)46-39(54)56-23-27-14-8-7-9-15-27/h7-11,14-17,24-25,30-31,33-34H,12-13,18-23H2,1-6H3,(H,43,53)(H,44,48)(H,45,49)(H,46,54)/t31-,33?,34?/m0/s1. The van der Waals surface area contributed by atoms with Crippen LogP contribution in [-0.2, 0) is 57.7 Å². The summed E-state index contributed by atoms with van der Waals surface area (Å²) in [4.78, 5) is 91.1. The molecule has 4 N–H and O–H groups in total. The zero-order valence-electron chi connectivity index (χ0n) is 32.7. The van der Waals surface area contributed by atoms with Gasteiger partial charge in [-0.15, -0.1) is 0 Å². The number of alkyl halides is 2. The summed E-state index contributed by atoms with van der Waals surface area (Å²) in [7, 11) is 1.16. The molecule has 306 valence electrons. The second kappa shape index (κ2) is 21.0. The average Bonchev–Trinajstić information content (AvgIpc) is 3.59. The number of nitrogens with zero attached hydrogens (tertiary/aromatic N) is 1. The van der Waals surface area contributed by atoms with Gasteiger partial charge in [0, 0.05) is 19.5 Å². The summed E-state index contributed by atoms with van der Waals surface area (Å²) < 4.78 is 40.7. The zero-order chi connectivity index (χ0) is 41.6. The fourth-order valence-electron chi connectivity index (χ4n) is 6.37. The van der Waals surface area contributed by atoms with E-state index in [-0.39, 0.29) is 32.4 Å². The van der Waals surface area contributed by atoms with Crippen LogP contribution in [0.2, 0.25) is 0 Å². The highest BCUT2D eigenvalue weighted by Gasteiger charge is 2.51. The van der Waals surface area contributed by atoms with Crippen molar-refractivity contribution in [3.05, 3.63) is 71.3 Å². The van der Waals surface area contributed by atoms with Crippen LogP contribution in [0.4, 0.5) is 13.6 Å². The molecule has 0 heterocycles. The molecule has 3 atom stereocenters. The number of ether oxygens (including phenoxy) is 2. The third-order valence-corrected chi connectivity index (χ3v) is 9.41. The Hall–Kier alpha value is -5.41. The fourth-order valence-corrected chi connectivity index (χ4v) is 6.37. The van der Waals surface area contributed by atoms with Gasteiger partial charge in [-0.1, -0.05) is 82.3 Å². The second-order valence-corrected chi connectivity index (χ2v) is 14.5. The van der Waals surface area contributed by atoms with Gasteiger partial charge in [-0.3, -0.25) is 24.0 Å². The number of hydrogen-bond acceptors (Lipinski definition) is 9. The highest BCUT2D eigenvalue weighted by molar-refractivity contribution is 6.10. The van der Waals surface area contributed by atoms with Crippen LogP contribution in [0.1, 0.15) is 70.6 Å². The Bertz CT molecular complexity index is 1680. The van der Waals surface area contributed by atoms with Crippen molar-refractivity contribution < 1.29 is 51.8 Å². The summed E-state index contributed by atoms with van der Waals surface area (Å²) in [5.74, 6) is -12.2. The first-order valence-corrected chi connectivity index (χ1v) is 18.6. The minimum atomic E-state index is -4.53. The number of methoxy groups -OCH3 is 1. The van der Waals surface area contributed by atoms with Gasteiger partial charge in [0.15, 0.2) is 0 Å².